The minimum atomic E-state index is 0.803. The van der Waals surface area contributed by atoms with Crippen molar-refractivity contribution in [3.8, 4) is 0 Å². The predicted octanol–water partition coefficient (Wildman–Crippen LogP) is 4.35. The van der Waals surface area contributed by atoms with Crippen LogP contribution in [-0.2, 0) is 6.54 Å². The predicted molar refractivity (Wildman–Crippen MR) is 92.1 cm³/mol. The molecule has 0 radical (unpaired) electrons. The van der Waals surface area contributed by atoms with Gasteiger partial charge in [0.2, 0.25) is 5.52 Å². The highest BCUT2D eigenvalue weighted by Crippen LogP contribution is 2.24. The summed E-state index contributed by atoms with van der Waals surface area (Å²) in [6.07, 6.45) is 2.26. The van der Waals surface area contributed by atoms with Crippen LogP contribution in [0.15, 0.2) is 48.5 Å². The lowest BCUT2D eigenvalue weighted by Gasteiger charge is -2.01. The number of allylic oxidation sites excluding steroid dienone is 1. The van der Waals surface area contributed by atoms with Crippen LogP contribution in [0.1, 0.15) is 24.4 Å². The highest BCUT2D eigenvalue weighted by Gasteiger charge is 2.16. The number of thiazole rings is 1. The van der Waals surface area contributed by atoms with E-state index in [0.29, 0.717) is 0 Å². The highest BCUT2D eigenvalue weighted by molar-refractivity contribution is 7.18. The zero-order chi connectivity index (χ0) is 14.8. The van der Waals surface area contributed by atoms with Crippen LogP contribution in [0.5, 0.6) is 0 Å². The first-order chi connectivity index (χ1) is 10.2. The molecule has 3 aromatic rings. The minimum Gasteiger partial charge on any atom is -0.399 e. The van der Waals surface area contributed by atoms with Crippen LogP contribution in [0.4, 0.5) is 5.69 Å². The molecule has 1 aromatic heterocycles. The monoisotopic (exact) mass is 295 g/mol. The van der Waals surface area contributed by atoms with Gasteiger partial charge in [-0.3, -0.25) is 0 Å². The number of benzene rings is 2. The quantitative estimate of drug-likeness (QED) is 0.565. The molecular formula is C18H19N2S+. The molecule has 0 aliphatic rings. The first-order valence-corrected chi connectivity index (χ1v) is 7.96. The number of nitrogens with zero attached hydrogens (tertiary/aromatic N) is 1. The van der Waals surface area contributed by atoms with Gasteiger partial charge >= 0.3 is 0 Å². The van der Waals surface area contributed by atoms with Gasteiger partial charge in [-0.05, 0) is 43.2 Å². The second-order valence-electron chi connectivity index (χ2n) is 5.10. The molecule has 0 saturated carbocycles. The van der Waals surface area contributed by atoms with Gasteiger partial charge in [0.15, 0.2) is 0 Å². The van der Waals surface area contributed by atoms with E-state index in [2.05, 4.69) is 60.9 Å². The smallest absolute Gasteiger partial charge is 0.263 e. The molecular weight excluding hydrogens is 276 g/mol. The van der Waals surface area contributed by atoms with Gasteiger partial charge in [0, 0.05) is 17.8 Å². The fourth-order valence-electron chi connectivity index (χ4n) is 2.50. The van der Waals surface area contributed by atoms with Gasteiger partial charge in [-0.15, -0.1) is 0 Å². The average Bonchev–Trinajstić information content (AvgIpc) is 2.84. The molecule has 2 aromatic carbocycles. The molecule has 0 saturated heterocycles. The number of hydrogen-bond donors (Lipinski definition) is 1. The van der Waals surface area contributed by atoms with E-state index in [1.54, 1.807) is 0 Å². The summed E-state index contributed by atoms with van der Waals surface area (Å²) in [6, 6.07) is 16.6. The third kappa shape index (κ3) is 2.69. The Kier molecular flexibility index (Phi) is 3.76. The van der Waals surface area contributed by atoms with Crippen LogP contribution in [-0.4, -0.2) is 0 Å². The van der Waals surface area contributed by atoms with Gasteiger partial charge in [-0.1, -0.05) is 35.6 Å². The molecule has 0 aliphatic heterocycles. The zero-order valence-electron chi connectivity index (χ0n) is 12.3. The number of anilines is 1. The van der Waals surface area contributed by atoms with Gasteiger partial charge in [0.25, 0.3) is 5.01 Å². The van der Waals surface area contributed by atoms with Gasteiger partial charge in [-0.25, -0.2) is 0 Å². The van der Waals surface area contributed by atoms with E-state index in [4.69, 9.17) is 5.73 Å². The second-order valence-corrected chi connectivity index (χ2v) is 6.16. The summed E-state index contributed by atoms with van der Waals surface area (Å²) in [4.78, 5) is 0. The van der Waals surface area contributed by atoms with E-state index in [0.717, 1.165) is 12.2 Å². The van der Waals surface area contributed by atoms with Crippen molar-refractivity contribution in [3.63, 3.8) is 0 Å². The van der Waals surface area contributed by atoms with Crippen LogP contribution in [0.2, 0.25) is 0 Å². The molecule has 0 bridgehead atoms. The Morgan fingerprint density at radius 2 is 1.86 bits per heavy atom. The topological polar surface area (TPSA) is 29.9 Å². The fourth-order valence-corrected chi connectivity index (χ4v) is 3.73. The minimum absolute atomic E-state index is 0.803. The van der Waals surface area contributed by atoms with Crippen molar-refractivity contribution < 1.29 is 4.57 Å². The van der Waals surface area contributed by atoms with Crippen molar-refractivity contribution in [2.75, 3.05) is 5.73 Å². The van der Waals surface area contributed by atoms with Crippen molar-refractivity contribution in [2.24, 2.45) is 0 Å². The van der Waals surface area contributed by atoms with E-state index in [-0.39, 0.29) is 0 Å². The summed E-state index contributed by atoms with van der Waals surface area (Å²) in [5.41, 5.74) is 10.3. The summed E-state index contributed by atoms with van der Waals surface area (Å²) in [7, 11) is 0. The van der Waals surface area contributed by atoms with Gasteiger partial charge in [0.1, 0.15) is 11.2 Å². The molecule has 3 rings (SSSR count). The Balaban J connectivity index is 2.07. The molecule has 0 amide bonds. The Bertz CT molecular complexity index is 798. The van der Waals surface area contributed by atoms with Crippen LogP contribution in [0, 0.1) is 0 Å². The number of nitrogens with two attached hydrogens (primary N) is 1. The summed E-state index contributed by atoms with van der Waals surface area (Å²) in [5.74, 6) is 0. The normalized spacial score (nSPS) is 12.0. The Labute approximate surface area is 129 Å². The van der Waals surface area contributed by atoms with E-state index >= 15 is 0 Å². The average molecular weight is 295 g/mol. The molecule has 3 heteroatoms. The maximum absolute atomic E-state index is 5.75. The van der Waals surface area contributed by atoms with Crippen molar-refractivity contribution >= 4 is 38.9 Å². The first kappa shape index (κ1) is 13.8. The number of hydrogen-bond acceptors (Lipinski definition) is 2. The first-order valence-electron chi connectivity index (χ1n) is 7.14. The van der Waals surface area contributed by atoms with E-state index < -0.39 is 0 Å². The van der Waals surface area contributed by atoms with Gasteiger partial charge in [0.05, 0.1) is 0 Å². The zero-order valence-corrected chi connectivity index (χ0v) is 13.2. The lowest BCUT2D eigenvalue weighted by atomic mass is 10.1. The Morgan fingerprint density at radius 1 is 1.14 bits per heavy atom. The van der Waals surface area contributed by atoms with Crippen molar-refractivity contribution in [2.45, 2.75) is 20.4 Å². The molecule has 0 fully saturated rings. The maximum Gasteiger partial charge on any atom is 0.263 e. The second kappa shape index (κ2) is 5.70. The molecule has 2 N–H and O–H groups in total. The van der Waals surface area contributed by atoms with Crippen molar-refractivity contribution in [1.82, 2.24) is 0 Å². The van der Waals surface area contributed by atoms with Crippen molar-refractivity contribution in [3.05, 3.63) is 59.1 Å². The molecule has 106 valence electrons. The number of aryl methyl sites for hydroxylation is 1. The third-order valence-electron chi connectivity index (χ3n) is 3.66. The maximum atomic E-state index is 5.75. The van der Waals surface area contributed by atoms with Gasteiger partial charge in [-0.2, -0.15) is 4.57 Å². The standard InChI is InChI=1S/C18H18N2S/c1-3-20-16-6-4-5-7-17(16)21-18(20)12-13(2)14-8-10-15(19)11-9-14/h4-12,19H,3H2,1-2H3/p+1. The van der Waals surface area contributed by atoms with E-state index in [1.807, 2.05) is 23.5 Å². The number of fused-ring (bicyclic) bond motifs is 1. The summed E-state index contributed by atoms with van der Waals surface area (Å²) < 4.78 is 3.69. The van der Waals surface area contributed by atoms with Gasteiger partial charge < -0.3 is 5.73 Å². The van der Waals surface area contributed by atoms with Crippen molar-refractivity contribution in [1.29, 1.82) is 0 Å². The summed E-state index contributed by atoms with van der Waals surface area (Å²) in [5, 5.41) is 1.29. The third-order valence-corrected chi connectivity index (χ3v) is 4.77. The fraction of sp³-hybridized carbons (Fsp3) is 0.167. The summed E-state index contributed by atoms with van der Waals surface area (Å²) >= 11 is 1.84. The Morgan fingerprint density at radius 3 is 2.57 bits per heavy atom. The number of rotatable bonds is 3. The molecule has 0 aliphatic carbocycles. The van der Waals surface area contributed by atoms with Crippen LogP contribution in [0.3, 0.4) is 0 Å². The van der Waals surface area contributed by atoms with Crippen LogP contribution >= 0.6 is 11.3 Å². The van der Waals surface area contributed by atoms with Crippen LogP contribution < -0.4 is 10.3 Å². The molecule has 2 nitrogen and oxygen atoms in total. The SMILES string of the molecule is CC[n+]1c(C=C(C)c2ccc(N)cc2)sc2ccccc21. The lowest BCUT2D eigenvalue weighted by molar-refractivity contribution is -0.665. The van der Waals surface area contributed by atoms with E-state index in [1.165, 1.54) is 26.4 Å². The molecule has 0 unspecified atom stereocenters. The summed E-state index contributed by atoms with van der Waals surface area (Å²) in [6.45, 7) is 5.32. The molecule has 1 heterocycles. The lowest BCUT2D eigenvalue weighted by Crippen LogP contribution is -2.33. The largest absolute Gasteiger partial charge is 0.399 e. The van der Waals surface area contributed by atoms with E-state index in [9.17, 15) is 0 Å². The molecule has 0 atom stereocenters. The Hall–Kier alpha value is -2.13. The number of para-hydroxylation sites is 1. The highest BCUT2D eigenvalue weighted by atomic mass is 32.1. The molecule has 0 spiro atoms. The molecule has 21 heavy (non-hydrogen) atoms. The number of nitrogen functional groups attached to an aromatic ring is 1. The van der Waals surface area contributed by atoms with Crippen LogP contribution in [0.25, 0.3) is 21.9 Å². The number of aromatic nitrogens is 1.